The minimum Gasteiger partial charge on any atom is -0.492 e. The van der Waals surface area contributed by atoms with Crippen LogP contribution in [0.2, 0.25) is 0 Å². The Morgan fingerprint density at radius 2 is 1.76 bits per heavy atom. The maximum atomic E-state index is 13.9. The van der Waals surface area contributed by atoms with E-state index in [1.807, 2.05) is 17.0 Å². The van der Waals surface area contributed by atoms with Gasteiger partial charge in [-0.3, -0.25) is 19.3 Å². The Kier molecular flexibility index (Phi) is 9.54. The second-order valence-corrected chi connectivity index (χ2v) is 12.6. The van der Waals surface area contributed by atoms with E-state index < -0.39 is 17.7 Å². The van der Waals surface area contributed by atoms with Crippen LogP contribution in [0.15, 0.2) is 24.3 Å². The van der Waals surface area contributed by atoms with Gasteiger partial charge in [-0.2, -0.15) is 0 Å². The number of rotatable bonds is 11. The number of benzene rings is 1. The normalized spacial score (nSPS) is 25.0. The molecule has 226 valence electrons. The molecule has 2 saturated heterocycles. The molecular formula is C32H48N4O5. The van der Waals surface area contributed by atoms with Crippen LogP contribution < -0.4 is 15.4 Å². The minimum atomic E-state index is -0.851. The average Bonchev–Trinajstić information content (AvgIpc) is 3.85. The van der Waals surface area contributed by atoms with Crippen molar-refractivity contribution in [3.8, 4) is 5.75 Å². The number of nitrogens with one attached hydrogen (secondary N) is 2. The lowest BCUT2D eigenvalue weighted by atomic mass is 9.77. The number of amides is 3. The standard InChI is InChI=1S/C32H48N4O5/c1-3-4-18-36-30(39)27(28(37)23-8-6-5-7-9-23)34-31(40)32(36)16-19-35(20-17-32)26(22-10-11-22)21-41-25-14-12-24(13-15-25)29(38)33-2/h12-15,22-23,26-28,37H,3-11,16-21H2,1-2H3,(H,33,38)(H,34,40)/t26?,27-,28-/m1/s1. The minimum absolute atomic E-state index is 0.0706. The van der Waals surface area contributed by atoms with Crippen molar-refractivity contribution in [2.24, 2.45) is 11.8 Å². The van der Waals surface area contributed by atoms with E-state index in [4.69, 9.17) is 4.74 Å². The summed E-state index contributed by atoms with van der Waals surface area (Å²) in [6, 6.07) is 6.62. The lowest BCUT2D eigenvalue weighted by Gasteiger charge is -2.53. The lowest BCUT2D eigenvalue weighted by Crippen LogP contribution is -2.75. The van der Waals surface area contributed by atoms with Crippen LogP contribution in [0, 0.1) is 11.8 Å². The van der Waals surface area contributed by atoms with Crippen LogP contribution in [0.5, 0.6) is 5.75 Å². The number of piperazine rings is 1. The first kappa shape index (κ1) is 29.8. The molecular weight excluding hydrogens is 520 g/mol. The van der Waals surface area contributed by atoms with Crippen molar-refractivity contribution in [3.05, 3.63) is 29.8 Å². The molecule has 41 heavy (non-hydrogen) atoms. The Hall–Kier alpha value is -2.65. The molecule has 1 spiro atoms. The molecule has 0 aromatic heterocycles. The molecule has 9 nitrogen and oxygen atoms in total. The van der Waals surface area contributed by atoms with E-state index in [1.165, 1.54) is 19.3 Å². The Morgan fingerprint density at radius 1 is 1.07 bits per heavy atom. The summed E-state index contributed by atoms with van der Waals surface area (Å²) in [7, 11) is 1.62. The molecule has 0 radical (unpaired) electrons. The summed E-state index contributed by atoms with van der Waals surface area (Å²) in [4.78, 5) is 43.9. The molecule has 9 heteroatoms. The summed E-state index contributed by atoms with van der Waals surface area (Å²) in [5.41, 5.74) is -0.253. The highest BCUT2D eigenvalue weighted by atomic mass is 16.5. The summed E-state index contributed by atoms with van der Waals surface area (Å²) in [5.74, 6) is 1.06. The second-order valence-electron chi connectivity index (χ2n) is 12.6. The summed E-state index contributed by atoms with van der Waals surface area (Å²) < 4.78 is 6.19. The van der Waals surface area contributed by atoms with E-state index in [-0.39, 0.29) is 29.7 Å². The quantitative estimate of drug-likeness (QED) is 0.378. The molecule has 3 atom stereocenters. The Morgan fingerprint density at radius 3 is 2.37 bits per heavy atom. The van der Waals surface area contributed by atoms with E-state index in [0.717, 1.165) is 57.4 Å². The number of piperidine rings is 1. The summed E-state index contributed by atoms with van der Waals surface area (Å²) in [5, 5.41) is 16.9. The number of aliphatic hydroxyl groups excluding tert-OH is 1. The molecule has 2 aliphatic heterocycles. The van der Waals surface area contributed by atoms with Crippen molar-refractivity contribution in [2.45, 2.75) is 101 Å². The molecule has 1 unspecified atom stereocenters. The van der Waals surface area contributed by atoms with Gasteiger partial charge in [-0.25, -0.2) is 0 Å². The lowest BCUT2D eigenvalue weighted by molar-refractivity contribution is -0.166. The Balaban J connectivity index is 1.24. The molecule has 3 amide bonds. The predicted molar refractivity (Wildman–Crippen MR) is 157 cm³/mol. The van der Waals surface area contributed by atoms with Crippen molar-refractivity contribution in [3.63, 3.8) is 0 Å². The van der Waals surface area contributed by atoms with Crippen molar-refractivity contribution in [1.29, 1.82) is 0 Å². The topological polar surface area (TPSA) is 111 Å². The largest absolute Gasteiger partial charge is 0.492 e. The molecule has 4 aliphatic rings. The zero-order valence-corrected chi connectivity index (χ0v) is 24.8. The highest BCUT2D eigenvalue weighted by Crippen LogP contribution is 2.40. The van der Waals surface area contributed by atoms with Crippen LogP contribution in [0.1, 0.15) is 87.9 Å². The number of hydrogen-bond donors (Lipinski definition) is 3. The van der Waals surface area contributed by atoms with Crippen molar-refractivity contribution in [2.75, 3.05) is 33.3 Å². The fraction of sp³-hybridized carbons (Fsp3) is 0.719. The Labute approximate surface area is 244 Å². The highest BCUT2D eigenvalue weighted by molar-refractivity contribution is 6.00. The number of unbranched alkanes of at least 4 members (excludes halogenated alkanes) is 1. The molecule has 2 aliphatic carbocycles. The molecule has 1 aromatic rings. The Bertz CT molecular complexity index is 1060. The maximum absolute atomic E-state index is 13.9. The van der Waals surface area contributed by atoms with E-state index in [1.54, 1.807) is 19.2 Å². The van der Waals surface area contributed by atoms with Crippen LogP contribution in [-0.4, -0.2) is 89.6 Å². The number of ether oxygens (including phenoxy) is 1. The monoisotopic (exact) mass is 568 g/mol. The van der Waals surface area contributed by atoms with Crippen molar-refractivity contribution < 1.29 is 24.2 Å². The zero-order chi connectivity index (χ0) is 29.0. The van der Waals surface area contributed by atoms with Gasteiger partial charge in [0.25, 0.3) is 5.91 Å². The molecule has 0 bridgehead atoms. The third-order valence-electron chi connectivity index (χ3n) is 9.99. The van der Waals surface area contributed by atoms with Gasteiger partial charge in [-0.1, -0.05) is 32.6 Å². The van der Waals surface area contributed by atoms with Crippen molar-refractivity contribution in [1.82, 2.24) is 20.4 Å². The number of carbonyl (C=O) groups is 3. The molecule has 2 heterocycles. The third kappa shape index (κ3) is 6.41. The fourth-order valence-corrected chi connectivity index (χ4v) is 7.23. The van der Waals surface area contributed by atoms with Crippen molar-refractivity contribution >= 4 is 17.7 Å². The molecule has 1 aromatic carbocycles. The van der Waals surface area contributed by atoms with Gasteiger partial charge in [0.15, 0.2) is 0 Å². The first-order valence-corrected chi connectivity index (χ1v) is 15.9. The number of carbonyl (C=O) groups excluding carboxylic acids is 3. The molecule has 4 fully saturated rings. The first-order chi connectivity index (χ1) is 19.9. The smallest absolute Gasteiger partial charge is 0.251 e. The van der Waals surface area contributed by atoms with Crippen LogP contribution in [-0.2, 0) is 9.59 Å². The summed E-state index contributed by atoms with van der Waals surface area (Å²) in [6.07, 6.45) is 9.63. The first-order valence-electron chi connectivity index (χ1n) is 15.9. The summed E-state index contributed by atoms with van der Waals surface area (Å²) >= 11 is 0. The van der Waals surface area contributed by atoms with E-state index in [2.05, 4.69) is 22.5 Å². The van der Waals surface area contributed by atoms with Gasteiger partial charge in [-0.15, -0.1) is 0 Å². The highest BCUT2D eigenvalue weighted by Gasteiger charge is 2.56. The van der Waals surface area contributed by atoms with E-state index in [9.17, 15) is 19.5 Å². The SMILES string of the molecule is CCCCN1C(=O)[C@@H]([C@H](O)C2CCCCC2)NC(=O)C12CCN(C(COc1ccc(C(=O)NC)cc1)C1CC1)CC2. The molecule has 5 rings (SSSR count). The van der Waals surface area contributed by atoms with Crippen LogP contribution in [0.3, 0.4) is 0 Å². The van der Waals surface area contributed by atoms with Crippen LogP contribution in [0.25, 0.3) is 0 Å². The molecule has 3 N–H and O–H groups in total. The second kappa shape index (κ2) is 13.1. The number of aliphatic hydroxyl groups is 1. The van der Waals surface area contributed by atoms with Gasteiger partial charge in [0, 0.05) is 38.3 Å². The van der Waals surface area contributed by atoms with E-state index >= 15 is 0 Å². The average molecular weight is 569 g/mol. The van der Waals surface area contributed by atoms with E-state index in [0.29, 0.717) is 37.5 Å². The third-order valence-corrected chi connectivity index (χ3v) is 9.99. The van der Waals surface area contributed by atoms with Gasteiger partial charge in [0.05, 0.1) is 6.10 Å². The van der Waals surface area contributed by atoms with Crippen LogP contribution in [0.4, 0.5) is 0 Å². The van der Waals surface area contributed by atoms with Gasteiger partial charge in [0.1, 0.15) is 23.9 Å². The van der Waals surface area contributed by atoms with Gasteiger partial charge in [0.2, 0.25) is 11.8 Å². The van der Waals surface area contributed by atoms with Gasteiger partial charge >= 0.3 is 0 Å². The molecule has 2 saturated carbocycles. The summed E-state index contributed by atoms with van der Waals surface area (Å²) in [6.45, 7) is 4.65. The predicted octanol–water partition coefficient (Wildman–Crippen LogP) is 3.11. The zero-order valence-electron chi connectivity index (χ0n) is 24.8. The van der Waals surface area contributed by atoms with Crippen LogP contribution >= 0.6 is 0 Å². The van der Waals surface area contributed by atoms with Gasteiger partial charge in [-0.05, 0) is 81.0 Å². The maximum Gasteiger partial charge on any atom is 0.251 e. The number of likely N-dealkylation sites (tertiary alicyclic amines) is 1. The number of nitrogens with zero attached hydrogens (tertiary/aromatic N) is 2. The van der Waals surface area contributed by atoms with Gasteiger partial charge < -0.3 is 25.4 Å². The number of hydrogen-bond acceptors (Lipinski definition) is 6. The fourth-order valence-electron chi connectivity index (χ4n) is 7.23.